The van der Waals surface area contributed by atoms with Gasteiger partial charge in [0.1, 0.15) is 5.82 Å². The maximum absolute atomic E-state index is 14.0. The molecule has 0 atom stereocenters. The van der Waals surface area contributed by atoms with E-state index < -0.39 is 59.4 Å². The van der Waals surface area contributed by atoms with E-state index in [0.29, 0.717) is 0 Å². The van der Waals surface area contributed by atoms with Gasteiger partial charge < -0.3 is 0 Å². The van der Waals surface area contributed by atoms with Crippen LogP contribution in [0.3, 0.4) is 0 Å². The Kier molecular flexibility index (Phi) is 6.93. The van der Waals surface area contributed by atoms with E-state index in [4.69, 9.17) is 0 Å². The number of alkyl halides is 9. The van der Waals surface area contributed by atoms with Gasteiger partial charge in [0.2, 0.25) is 0 Å². The molecule has 0 aromatic heterocycles. The number of rotatable bonds is 7. The molecular weight excluding hydrogens is 589 g/mol. The number of halogens is 11. The number of hydrogen-bond donors (Lipinski definition) is 0. The van der Waals surface area contributed by atoms with Gasteiger partial charge in [0.15, 0.2) is 7.14 Å². The van der Waals surface area contributed by atoms with Gasteiger partial charge >= 0.3 is 53.6 Å². The largest absolute Gasteiger partial charge is 0.460 e. The number of hydrogen-bond acceptors (Lipinski definition) is 3. The van der Waals surface area contributed by atoms with Crippen LogP contribution in [0.4, 0.5) is 43.9 Å². The molecule has 0 heterocycles. The van der Waals surface area contributed by atoms with E-state index in [9.17, 15) is 52.3 Å². The standard InChI is InChI=1S/C16H9F10IO3S/c17-10-6-8-12(9-7-10)27(11-4-2-1-3-5-11)30-31(28,29)16(25,26)14(20,21)13(18,19)15(22,23)24/h1-9H/q+1. The summed E-state index contributed by atoms with van der Waals surface area (Å²) >= 11 is -4.18. The Balaban J connectivity index is 2.56. The molecule has 2 aromatic rings. The Hall–Kier alpha value is -1.62. The molecule has 0 aliphatic carbocycles. The summed E-state index contributed by atoms with van der Waals surface area (Å²) in [6.07, 6.45) is -7.19. The molecule has 0 spiro atoms. The van der Waals surface area contributed by atoms with Crippen molar-refractivity contribution in [1.29, 1.82) is 0 Å². The maximum atomic E-state index is 14.0. The third-order valence-electron chi connectivity index (χ3n) is 3.51. The van der Waals surface area contributed by atoms with E-state index in [-0.39, 0.29) is 7.14 Å². The fourth-order valence-electron chi connectivity index (χ4n) is 1.91. The minimum atomic E-state index is -7.40. The SMILES string of the molecule is O=S(=O)(O[I+](c1ccccc1)c1ccc(F)cc1)C(F)(F)C(F)(F)C(F)(F)C(F)(F)F. The van der Waals surface area contributed by atoms with Crippen molar-refractivity contribution in [3.05, 3.63) is 67.6 Å². The van der Waals surface area contributed by atoms with Crippen molar-refractivity contribution >= 4 is 10.1 Å². The lowest BCUT2D eigenvalue weighted by molar-refractivity contribution is -1.03. The summed E-state index contributed by atoms with van der Waals surface area (Å²) in [5.74, 6) is -15.7. The maximum Gasteiger partial charge on any atom is 0.460 e. The zero-order valence-corrected chi connectivity index (χ0v) is 17.5. The van der Waals surface area contributed by atoms with Gasteiger partial charge in [0.05, 0.1) is 0 Å². The van der Waals surface area contributed by atoms with Gasteiger partial charge in [0.25, 0.3) is 0 Å². The van der Waals surface area contributed by atoms with Gasteiger partial charge in [-0.3, -0.25) is 0 Å². The van der Waals surface area contributed by atoms with Crippen LogP contribution in [-0.4, -0.2) is 31.7 Å². The van der Waals surface area contributed by atoms with E-state index in [2.05, 4.69) is 2.51 Å². The zero-order chi connectivity index (χ0) is 23.9. The molecular formula is C16H9F10IO3S+. The first-order valence-corrected chi connectivity index (χ1v) is 12.1. The Bertz CT molecular complexity index is 1010. The quantitative estimate of drug-likeness (QED) is 0.363. The highest BCUT2D eigenvalue weighted by Gasteiger charge is 2.86. The molecule has 31 heavy (non-hydrogen) atoms. The van der Waals surface area contributed by atoms with E-state index in [1.165, 1.54) is 18.2 Å². The summed E-state index contributed by atoms with van der Waals surface area (Å²) < 4.78 is 159. The van der Waals surface area contributed by atoms with Crippen LogP contribution >= 0.6 is 0 Å². The molecule has 2 aromatic carbocycles. The zero-order valence-electron chi connectivity index (χ0n) is 14.5. The lowest BCUT2D eigenvalue weighted by Gasteiger charge is -2.31. The van der Waals surface area contributed by atoms with Crippen molar-refractivity contribution in [2.75, 3.05) is 0 Å². The normalized spacial score (nSPS) is 14.2. The van der Waals surface area contributed by atoms with Crippen molar-refractivity contribution in [3.63, 3.8) is 0 Å². The lowest BCUT2D eigenvalue weighted by Crippen LogP contribution is -3.85. The summed E-state index contributed by atoms with van der Waals surface area (Å²) in [7, 11) is -7.05. The van der Waals surface area contributed by atoms with Crippen LogP contribution in [-0.2, 0) is 12.6 Å². The third-order valence-corrected chi connectivity index (χ3v) is 10.9. The van der Waals surface area contributed by atoms with Crippen LogP contribution in [0.5, 0.6) is 0 Å². The molecule has 3 nitrogen and oxygen atoms in total. The fraction of sp³-hybridized carbons (Fsp3) is 0.250. The molecule has 2 rings (SSSR count). The third kappa shape index (κ3) is 4.62. The van der Waals surface area contributed by atoms with Crippen LogP contribution in [0, 0.1) is 13.0 Å². The summed E-state index contributed by atoms with van der Waals surface area (Å²) in [5, 5.41) is -6.97. The molecule has 15 heteroatoms. The second-order valence-corrected chi connectivity index (χ2v) is 12.2. The summed E-state index contributed by atoms with van der Waals surface area (Å²) in [6, 6.07) is 9.45. The van der Waals surface area contributed by atoms with Crippen LogP contribution < -0.4 is 20.2 Å². The summed E-state index contributed by atoms with van der Waals surface area (Å²) in [6.45, 7) is 0. The Morgan fingerprint density at radius 1 is 0.677 bits per heavy atom. The molecule has 0 fully saturated rings. The minimum Gasteiger partial charge on any atom is -0.207 e. The molecule has 0 saturated heterocycles. The summed E-state index contributed by atoms with van der Waals surface area (Å²) in [5.41, 5.74) is 0. The highest BCUT2D eigenvalue weighted by molar-refractivity contribution is 7.87. The van der Waals surface area contributed by atoms with Gasteiger partial charge in [-0.1, -0.05) is 18.2 Å². The van der Waals surface area contributed by atoms with E-state index in [1.807, 2.05) is 0 Å². The van der Waals surface area contributed by atoms with Crippen molar-refractivity contribution in [3.8, 4) is 0 Å². The van der Waals surface area contributed by atoms with Crippen molar-refractivity contribution in [2.24, 2.45) is 0 Å². The average molecular weight is 598 g/mol. The second kappa shape index (κ2) is 8.38. The van der Waals surface area contributed by atoms with Crippen LogP contribution in [0.15, 0.2) is 54.6 Å². The van der Waals surface area contributed by atoms with Crippen molar-refractivity contribution in [1.82, 2.24) is 0 Å². The molecule has 173 valence electrons. The monoisotopic (exact) mass is 598 g/mol. The first kappa shape index (κ1) is 25.6. The highest BCUT2D eigenvalue weighted by atomic mass is 127. The molecule has 1 radical (unpaired) electrons. The van der Waals surface area contributed by atoms with E-state index >= 15 is 0 Å². The van der Waals surface area contributed by atoms with E-state index in [1.54, 1.807) is 0 Å². The van der Waals surface area contributed by atoms with Crippen LogP contribution in [0.1, 0.15) is 0 Å². The topological polar surface area (TPSA) is 43.4 Å². The first-order valence-electron chi connectivity index (χ1n) is 7.61. The first-order chi connectivity index (χ1) is 14.0. The Labute approximate surface area is 176 Å². The smallest absolute Gasteiger partial charge is 0.207 e. The van der Waals surface area contributed by atoms with Gasteiger partial charge in [-0.15, -0.1) is 0 Å². The number of benzene rings is 2. The average Bonchev–Trinajstić information content (AvgIpc) is 2.66. The molecule has 0 aliphatic heterocycles. The van der Waals surface area contributed by atoms with Crippen LogP contribution in [0.2, 0.25) is 0 Å². The summed E-state index contributed by atoms with van der Waals surface area (Å²) in [4.78, 5) is 0. The van der Waals surface area contributed by atoms with Crippen molar-refractivity contribution < 1.29 is 75.1 Å². The predicted molar refractivity (Wildman–Crippen MR) is 81.1 cm³/mol. The van der Waals surface area contributed by atoms with Gasteiger partial charge in [0, 0.05) is 0 Å². The highest BCUT2D eigenvalue weighted by Crippen LogP contribution is 2.54. The second-order valence-electron chi connectivity index (χ2n) is 5.66. The molecule has 0 saturated carbocycles. The predicted octanol–water partition coefficient (Wildman–Crippen LogP) is 2.18. The lowest BCUT2D eigenvalue weighted by atomic mass is 10.1. The molecule has 0 N–H and O–H groups in total. The van der Waals surface area contributed by atoms with Gasteiger partial charge in [-0.25, -0.2) is 4.39 Å². The van der Waals surface area contributed by atoms with Gasteiger partial charge in [-0.2, -0.15) is 47.9 Å². The molecule has 0 unspecified atom stereocenters. The van der Waals surface area contributed by atoms with Crippen LogP contribution in [0.25, 0.3) is 0 Å². The molecule has 0 aliphatic rings. The molecule has 0 amide bonds. The fourth-order valence-corrected chi connectivity index (χ4v) is 8.89. The Morgan fingerprint density at radius 3 is 1.58 bits per heavy atom. The molecule has 0 bridgehead atoms. The minimum absolute atomic E-state index is 0.136. The van der Waals surface area contributed by atoms with Crippen molar-refractivity contribution in [2.45, 2.75) is 23.3 Å². The Morgan fingerprint density at radius 2 is 1.13 bits per heavy atom. The van der Waals surface area contributed by atoms with E-state index in [0.717, 1.165) is 36.4 Å². The van der Waals surface area contributed by atoms with Gasteiger partial charge in [-0.05, 0) is 38.9 Å².